The summed E-state index contributed by atoms with van der Waals surface area (Å²) >= 11 is 1.22. The van der Waals surface area contributed by atoms with Crippen molar-refractivity contribution >= 4 is 22.4 Å². The monoisotopic (exact) mass is 442 g/mol. The van der Waals surface area contributed by atoms with E-state index in [0.717, 1.165) is 26.9 Å². The third-order valence-corrected chi connectivity index (χ3v) is 5.47. The van der Waals surface area contributed by atoms with Crippen molar-refractivity contribution in [1.29, 1.82) is 0 Å². The number of aromatic nitrogens is 3. The number of hydrogen-bond donors (Lipinski definition) is 1. The van der Waals surface area contributed by atoms with E-state index >= 15 is 0 Å². The molecule has 0 fully saturated rings. The topological polar surface area (TPSA) is 59.8 Å². The van der Waals surface area contributed by atoms with Gasteiger partial charge in [-0.15, -0.1) is 11.3 Å². The molecule has 0 aliphatic heterocycles. The Morgan fingerprint density at radius 2 is 1.77 bits per heavy atom. The fourth-order valence-electron chi connectivity index (χ4n) is 3.07. The standard InChI is InChI=1S/C22H17F3N4OS/c1-14-7-9-15(10-8-14)11-17-12-26-21(31-17)28-20(30)18-13-27-29(19(18)22(23,24)25)16-5-3-2-4-6-16/h2-10,12-13H,11H2,1H3,(H,26,28,30). The van der Waals surface area contributed by atoms with Crippen LogP contribution in [0, 0.1) is 6.92 Å². The van der Waals surface area contributed by atoms with Crippen LogP contribution in [0.5, 0.6) is 0 Å². The molecule has 9 heteroatoms. The first kappa shape index (κ1) is 20.8. The van der Waals surface area contributed by atoms with Crippen LogP contribution in [0.2, 0.25) is 0 Å². The van der Waals surface area contributed by atoms with Crippen molar-refractivity contribution in [3.63, 3.8) is 0 Å². The van der Waals surface area contributed by atoms with E-state index in [-0.39, 0.29) is 10.8 Å². The minimum absolute atomic E-state index is 0.212. The molecule has 0 unspecified atom stereocenters. The second kappa shape index (κ2) is 8.35. The van der Waals surface area contributed by atoms with Crippen molar-refractivity contribution in [1.82, 2.24) is 14.8 Å². The maximum absolute atomic E-state index is 13.7. The molecule has 4 aromatic rings. The Balaban J connectivity index is 1.56. The summed E-state index contributed by atoms with van der Waals surface area (Å²) < 4.78 is 42.0. The van der Waals surface area contributed by atoms with Crippen LogP contribution in [0.3, 0.4) is 0 Å². The first-order chi connectivity index (χ1) is 14.8. The van der Waals surface area contributed by atoms with Crippen LogP contribution in [0.4, 0.5) is 18.3 Å². The third kappa shape index (κ3) is 4.66. The fraction of sp³-hybridized carbons (Fsp3) is 0.136. The molecule has 0 bridgehead atoms. The van der Waals surface area contributed by atoms with Crippen LogP contribution >= 0.6 is 11.3 Å². The van der Waals surface area contributed by atoms with Gasteiger partial charge in [0.15, 0.2) is 10.8 Å². The van der Waals surface area contributed by atoms with Crippen LogP contribution < -0.4 is 5.32 Å². The number of carbonyl (C=O) groups excluding carboxylic acids is 1. The summed E-state index contributed by atoms with van der Waals surface area (Å²) in [6.07, 6.45) is -1.61. The van der Waals surface area contributed by atoms with Crippen LogP contribution in [0.15, 0.2) is 67.0 Å². The molecule has 0 spiro atoms. The Hall–Kier alpha value is -3.46. The van der Waals surface area contributed by atoms with Gasteiger partial charge in [-0.25, -0.2) is 9.67 Å². The lowest BCUT2D eigenvalue weighted by Crippen LogP contribution is -2.20. The van der Waals surface area contributed by atoms with E-state index in [9.17, 15) is 18.0 Å². The number of benzene rings is 2. The van der Waals surface area contributed by atoms with E-state index < -0.39 is 23.3 Å². The highest BCUT2D eigenvalue weighted by atomic mass is 32.1. The number of hydrogen-bond acceptors (Lipinski definition) is 4. The van der Waals surface area contributed by atoms with Crippen LogP contribution in [0.1, 0.15) is 32.1 Å². The lowest BCUT2D eigenvalue weighted by molar-refractivity contribution is -0.143. The molecule has 0 saturated heterocycles. The van der Waals surface area contributed by atoms with Crippen molar-refractivity contribution < 1.29 is 18.0 Å². The van der Waals surface area contributed by atoms with Crippen molar-refractivity contribution in [2.45, 2.75) is 19.5 Å². The van der Waals surface area contributed by atoms with Crippen molar-refractivity contribution in [3.05, 3.63) is 94.3 Å². The molecule has 0 aliphatic carbocycles. The van der Waals surface area contributed by atoms with E-state index in [0.29, 0.717) is 6.42 Å². The number of aryl methyl sites for hydroxylation is 1. The molecular formula is C22H17F3N4OS. The Bertz CT molecular complexity index is 1200. The van der Waals surface area contributed by atoms with Crippen molar-refractivity contribution in [3.8, 4) is 5.69 Å². The van der Waals surface area contributed by atoms with Crippen LogP contribution in [-0.2, 0) is 12.6 Å². The number of amides is 1. The molecule has 1 amide bonds. The zero-order chi connectivity index (χ0) is 22.0. The second-order valence-electron chi connectivity index (χ2n) is 6.90. The maximum atomic E-state index is 13.7. The van der Waals surface area contributed by atoms with Gasteiger partial charge in [0.2, 0.25) is 0 Å². The number of para-hydroxylation sites is 1. The molecule has 0 radical (unpaired) electrons. The lowest BCUT2D eigenvalue weighted by Gasteiger charge is -2.12. The number of alkyl halides is 3. The normalized spacial score (nSPS) is 11.5. The van der Waals surface area contributed by atoms with Crippen LogP contribution in [-0.4, -0.2) is 20.7 Å². The van der Waals surface area contributed by atoms with Gasteiger partial charge in [0.25, 0.3) is 5.91 Å². The number of thiazole rings is 1. The zero-order valence-electron chi connectivity index (χ0n) is 16.3. The molecule has 2 aromatic carbocycles. The molecule has 1 N–H and O–H groups in total. The summed E-state index contributed by atoms with van der Waals surface area (Å²) in [5.41, 5.74) is 0.746. The third-order valence-electron chi connectivity index (χ3n) is 4.56. The second-order valence-corrected chi connectivity index (χ2v) is 8.02. The predicted molar refractivity (Wildman–Crippen MR) is 113 cm³/mol. The predicted octanol–water partition coefficient (Wildman–Crippen LogP) is 5.50. The highest BCUT2D eigenvalue weighted by Gasteiger charge is 2.40. The smallest absolute Gasteiger partial charge is 0.298 e. The van der Waals surface area contributed by atoms with E-state index in [1.165, 1.54) is 23.5 Å². The first-order valence-electron chi connectivity index (χ1n) is 9.33. The number of carbonyl (C=O) groups is 1. The van der Waals surface area contributed by atoms with Crippen molar-refractivity contribution in [2.24, 2.45) is 0 Å². The highest BCUT2D eigenvalue weighted by molar-refractivity contribution is 7.15. The molecule has 0 atom stereocenters. The molecule has 4 rings (SSSR count). The lowest BCUT2D eigenvalue weighted by atomic mass is 10.1. The van der Waals surface area contributed by atoms with Gasteiger partial charge in [-0.2, -0.15) is 18.3 Å². The van der Waals surface area contributed by atoms with Crippen LogP contribution in [0.25, 0.3) is 5.69 Å². The van der Waals surface area contributed by atoms with Gasteiger partial charge in [-0.1, -0.05) is 48.0 Å². The average Bonchev–Trinajstić information content (AvgIpc) is 3.37. The Morgan fingerprint density at radius 3 is 2.45 bits per heavy atom. The largest absolute Gasteiger partial charge is 0.434 e. The maximum Gasteiger partial charge on any atom is 0.434 e. The molecule has 0 saturated carbocycles. The van der Waals surface area contributed by atoms with E-state index in [4.69, 9.17) is 0 Å². The summed E-state index contributed by atoms with van der Waals surface area (Å²) in [4.78, 5) is 17.6. The van der Waals surface area contributed by atoms with Gasteiger partial charge >= 0.3 is 6.18 Å². The van der Waals surface area contributed by atoms with Gasteiger partial charge in [-0.3, -0.25) is 10.1 Å². The Kier molecular flexibility index (Phi) is 5.60. The SMILES string of the molecule is Cc1ccc(Cc2cnc(NC(=O)c3cnn(-c4ccccc4)c3C(F)(F)F)s2)cc1. The molecule has 2 heterocycles. The molecule has 5 nitrogen and oxygen atoms in total. The minimum Gasteiger partial charge on any atom is -0.298 e. The first-order valence-corrected chi connectivity index (χ1v) is 10.1. The summed E-state index contributed by atoms with van der Waals surface area (Å²) in [6.45, 7) is 2.00. The summed E-state index contributed by atoms with van der Waals surface area (Å²) in [5, 5.41) is 6.50. The number of halogens is 3. The average molecular weight is 442 g/mol. The number of rotatable bonds is 5. The fourth-order valence-corrected chi connectivity index (χ4v) is 3.91. The van der Waals surface area contributed by atoms with Crippen molar-refractivity contribution in [2.75, 3.05) is 5.32 Å². The Labute approximate surface area is 180 Å². The number of anilines is 1. The number of nitrogens with one attached hydrogen (secondary N) is 1. The van der Waals surface area contributed by atoms with Gasteiger partial charge in [-0.05, 0) is 24.6 Å². The molecular weight excluding hydrogens is 425 g/mol. The Morgan fingerprint density at radius 1 is 1.06 bits per heavy atom. The molecule has 158 valence electrons. The quantitative estimate of drug-likeness (QED) is 0.444. The van der Waals surface area contributed by atoms with E-state index in [1.807, 2.05) is 31.2 Å². The summed E-state index contributed by atoms with van der Waals surface area (Å²) in [6, 6.07) is 15.9. The van der Waals surface area contributed by atoms with Gasteiger partial charge in [0, 0.05) is 17.5 Å². The van der Waals surface area contributed by atoms with E-state index in [2.05, 4.69) is 15.4 Å². The molecule has 2 aromatic heterocycles. The summed E-state index contributed by atoms with van der Waals surface area (Å²) in [7, 11) is 0. The minimum atomic E-state index is -4.77. The summed E-state index contributed by atoms with van der Waals surface area (Å²) in [5.74, 6) is -0.911. The highest BCUT2D eigenvalue weighted by Crippen LogP contribution is 2.34. The van der Waals surface area contributed by atoms with E-state index in [1.54, 1.807) is 24.4 Å². The zero-order valence-corrected chi connectivity index (χ0v) is 17.2. The van der Waals surface area contributed by atoms with Gasteiger partial charge in [0.05, 0.1) is 17.4 Å². The number of nitrogens with zero attached hydrogens (tertiary/aromatic N) is 3. The van der Waals surface area contributed by atoms with Gasteiger partial charge < -0.3 is 0 Å². The molecule has 0 aliphatic rings. The van der Waals surface area contributed by atoms with Gasteiger partial charge in [0.1, 0.15) is 0 Å². The molecule has 31 heavy (non-hydrogen) atoms.